The molecule has 0 radical (unpaired) electrons. The van der Waals surface area contributed by atoms with Crippen molar-refractivity contribution < 1.29 is 0 Å². The maximum absolute atomic E-state index is 9.32. The van der Waals surface area contributed by atoms with Gasteiger partial charge in [0, 0.05) is 42.2 Å². The minimum absolute atomic E-state index is 0.739. The molecule has 0 atom stereocenters. The van der Waals surface area contributed by atoms with E-state index < -0.39 is 0 Å². The molecule has 1 aromatic heterocycles. The van der Waals surface area contributed by atoms with Crippen LogP contribution in [0.25, 0.3) is 0 Å². The van der Waals surface area contributed by atoms with Gasteiger partial charge in [0.05, 0.1) is 16.9 Å². The number of hydrogen-bond donors (Lipinski definition) is 0. The van der Waals surface area contributed by atoms with E-state index in [-0.39, 0.29) is 0 Å². The first-order valence-corrected chi connectivity index (χ1v) is 12.7. The van der Waals surface area contributed by atoms with E-state index in [1.807, 2.05) is 74.4 Å². The Kier molecular flexibility index (Phi) is 15.6. The molecule has 0 saturated carbocycles. The minimum Gasteiger partial charge on any atom is -0.366 e. The maximum atomic E-state index is 9.32. The normalized spacial score (nSPS) is 12.4. The van der Waals surface area contributed by atoms with E-state index in [0.717, 1.165) is 65.5 Å². The van der Waals surface area contributed by atoms with Crippen molar-refractivity contribution in [2.24, 2.45) is 4.99 Å². The number of aliphatic imine (C=N–C) groups is 1. The number of rotatable bonds is 4. The van der Waals surface area contributed by atoms with Gasteiger partial charge in [0.25, 0.3) is 0 Å². The summed E-state index contributed by atoms with van der Waals surface area (Å²) in [6.45, 7) is 25.5. The van der Waals surface area contributed by atoms with Gasteiger partial charge in [-0.3, -0.25) is 4.99 Å². The first-order chi connectivity index (χ1) is 16.8. The molecule has 2 aromatic rings. The lowest BCUT2D eigenvalue weighted by Crippen LogP contribution is -2.32. The number of benzene rings is 1. The number of nitriles is 1. The van der Waals surface area contributed by atoms with Gasteiger partial charge in [-0.1, -0.05) is 53.3 Å². The summed E-state index contributed by atoms with van der Waals surface area (Å²) in [5.41, 5.74) is 9.48. The molecule has 2 heterocycles. The Morgan fingerprint density at radius 1 is 1.17 bits per heavy atom. The van der Waals surface area contributed by atoms with Gasteiger partial charge in [-0.05, 0) is 64.3 Å². The van der Waals surface area contributed by atoms with Crippen LogP contribution in [-0.2, 0) is 13.0 Å². The van der Waals surface area contributed by atoms with E-state index in [9.17, 15) is 5.26 Å². The highest BCUT2D eigenvalue weighted by Crippen LogP contribution is 2.27. The molecular formula is C30H45N5. The van der Waals surface area contributed by atoms with Crippen LogP contribution in [0.15, 0.2) is 53.4 Å². The molecule has 0 fully saturated rings. The fourth-order valence-corrected chi connectivity index (χ4v) is 3.73. The van der Waals surface area contributed by atoms with Gasteiger partial charge in [-0.25, -0.2) is 9.97 Å². The predicted molar refractivity (Wildman–Crippen MR) is 152 cm³/mol. The molecule has 0 saturated heterocycles. The van der Waals surface area contributed by atoms with Gasteiger partial charge >= 0.3 is 0 Å². The SMILES string of the molecule is C=C(C)N=C(C)/C(=C\C)CC.CC.CC.Cc1ccc(N2CCc3ncnc(C)c3C2)c(C#N)c1. The van der Waals surface area contributed by atoms with E-state index in [4.69, 9.17) is 0 Å². The summed E-state index contributed by atoms with van der Waals surface area (Å²) < 4.78 is 0. The third-order valence-corrected chi connectivity index (χ3v) is 5.38. The molecule has 5 nitrogen and oxygen atoms in total. The number of allylic oxidation sites excluding steroid dienone is 3. The van der Waals surface area contributed by atoms with Crippen LogP contribution in [0.1, 0.15) is 89.9 Å². The fourth-order valence-electron chi connectivity index (χ4n) is 3.73. The maximum Gasteiger partial charge on any atom is 0.115 e. The van der Waals surface area contributed by atoms with Crippen LogP contribution in [0, 0.1) is 25.2 Å². The summed E-state index contributed by atoms with van der Waals surface area (Å²) in [4.78, 5) is 15.2. The number of aromatic nitrogens is 2. The van der Waals surface area contributed by atoms with Crippen LogP contribution in [0.3, 0.4) is 0 Å². The first kappa shape index (κ1) is 31.7. The molecule has 190 valence electrons. The lowest BCUT2D eigenvalue weighted by molar-refractivity contribution is 0.697. The number of hydrogen-bond acceptors (Lipinski definition) is 5. The van der Waals surface area contributed by atoms with Crippen molar-refractivity contribution in [2.75, 3.05) is 11.4 Å². The standard InChI is InChI=1S/C16H16N4.C10H17N.2C2H6/c1-11-3-4-16(13(7-11)8-17)20-6-5-15-14(9-20)12(2)18-10-19-15;1-6-10(7-2)9(5)11-8(3)4;2*1-2/h3-4,7,10H,5-6,9H2,1-2H3;6H,3,7H2,1-2,4-5H3;2*1-2H3/b;10-6-,11-9?;;. The summed E-state index contributed by atoms with van der Waals surface area (Å²) >= 11 is 0. The highest BCUT2D eigenvalue weighted by Gasteiger charge is 2.21. The molecule has 1 aliphatic rings. The average Bonchev–Trinajstić information content (AvgIpc) is 2.87. The van der Waals surface area contributed by atoms with Gasteiger partial charge in [0.2, 0.25) is 0 Å². The molecule has 0 amide bonds. The van der Waals surface area contributed by atoms with Gasteiger partial charge in [0.1, 0.15) is 12.4 Å². The number of fused-ring (bicyclic) bond motifs is 1. The summed E-state index contributed by atoms with van der Waals surface area (Å²) in [6, 6.07) is 8.34. The predicted octanol–water partition coefficient (Wildman–Crippen LogP) is 7.92. The van der Waals surface area contributed by atoms with Crippen molar-refractivity contribution in [3.63, 3.8) is 0 Å². The highest BCUT2D eigenvalue weighted by atomic mass is 15.1. The van der Waals surface area contributed by atoms with Crippen LogP contribution < -0.4 is 4.90 Å². The van der Waals surface area contributed by atoms with E-state index in [1.54, 1.807) is 6.33 Å². The molecule has 3 rings (SSSR count). The smallest absolute Gasteiger partial charge is 0.115 e. The third-order valence-electron chi connectivity index (χ3n) is 5.38. The second kappa shape index (κ2) is 17.2. The van der Waals surface area contributed by atoms with E-state index in [1.165, 1.54) is 11.1 Å². The van der Waals surface area contributed by atoms with Crippen molar-refractivity contribution in [3.8, 4) is 6.07 Å². The van der Waals surface area contributed by atoms with Crippen molar-refractivity contribution in [1.82, 2.24) is 9.97 Å². The quantitative estimate of drug-likeness (QED) is 0.421. The van der Waals surface area contributed by atoms with Gasteiger partial charge < -0.3 is 4.90 Å². The highest BCUT2D eigenvalue weighted by molar-refractivity contribution is 5.98. The topological polar surface area (TPSA) is 65.2 Å². The monoisotopic (exact) mass is 475 g/mol. The Morgan fingerprint density at radius 2 is 1.83 bits per heavy atom. The number of aryl methyl sites for hydroxylation is 2. The van der Waals surface area contributed by atoms with Crippen LogP contribution in [-0.4, -0.2) is 22.2 Å². The van der Waals surface area contributed by atoms with E-state index in [0.29, 0.717) is 0 Å². The Morgan fingerprint density at radius 3 is 2.37 bits per heavy atom. The molecule has 0 spiro atoms. The van der Waals surface area contributed by atoms with E-state index >= 15 is 0 Å². The number of anilines is 1. The fraction of sp³-hybridized carbons (Fsp3) is 0.467. The lowest BCUT2D eigenvalue weighted by Gasteiger charge is -2.31. The summed E-state index contributed by atoms with van der Waals surface area (Å²) in [7, 11) is 0. The molecular weight excluding hydrogens is 430 g/mol. The van der Waals surface area contributed by atoms with Gasteiger partial charge in [0.15, 0.2) is 0 Å². The first-order valence-electron chi connectivity index (χ1n) is 12.7. The molecule has 0 aliphatic carbocycles. The largest absolute Gasteiger partial charge is 0.366 e. The molecule has 1 aliphatic heterocycles. The zero-order valence-corrected chi connectivity index (χ0v) is 23.7. The lowest BCUT2D eigenvalue weighted by atomic mass is 10.0. The van der Waals surface area contributed by atoms with Gasteiger partial charge in [-0.15, -0.1) is 0 Å². The zero-order chi connectivity index (χ0) is 27.0. The summed E-state index contributed by atoms with van der Waals surface area (Å²) in [5, 5.41) is 9.32. The Hall–Kier alpha value is -3.26. The molecule has 0 N–H and O–H groups in total. The molecule has 0 unspecified atom stereocenters. The summed E-state index contributed by atoms with van der Waals surface area (Å²) in [6.07, 6.45) is 5.68. The Labute approximate surface area is 214 Å². The molecule has 0 bridgehead atoms. The second-order valence-electron chi connectivity index (χ2n) is 7.79. The minimum atomic E-state index is 0.739. The van der Waals surface area contributed by atoms with E-state index in [2.05, 4.69) is 51.6 Å². The second-order valence-corrected chi connectivity index (χ2v) is 7.79. The number of nitrogens with zero attached hydrogens (tertiary/aromatic N) is 5. The summed E-state index contributed by atoms with van der Waals surface area (Å²) in [5.74, 6) is 0. The van der Waals surface area contributed by atoms with Crippen LogP contribution in [0.2, 0.25) is 0 Å². The molecule has 5 heteroatoms. The zero-order valence-electron chi connectivity index (χ0n) is 23.7. The molecule has 1 aromatic carbocycles. The van der Waals surface area contributed by atoms with Gasteiger partial charge in [-0.2, -0.15) is 5.26 Å². The Bertz CT molecular complexity index is 1040. The van der Waals surface area contributed by atoms with Crippen molar-refractivity contribution in [3.05, 3.63) is 76.5 Å². The average molecular weight is 476 g/mol. The van der Waals surface area contributed by atoms with Crippen LogP contribution >= 0.6 is 0 Å². The Balaban J connectivity index is 0.000000661. The van der Waals surface area contributed by atoms with Crippen LogP contribution in [0.4, 0.5) is 5.69 Å². The van der Waals surface area contributed by atoms with Crippen molar-refractivity contribution in [2.45, 2.75) is 88.6 Å². The molecule has 35 heavy (non-hydrogen) atoms. The van der Waals surface area contributed by atoms with Crippen molar-refractivity contribution in [1.29, 1.82) is 5.26 Å². The van der Waals surface area contributed by atoms with Crippen LogP contribution in [0.5, 0.6) is 0 Å². The third kappa shape index (κ3) is 9.86. The van der Waals surface area contributed by atoms with Crippen molar-refractivity contribution >= 4 is 11.4 Å².